The first kappa shape index (κ1) is 14.3. The fraction of sp³-hybridized carbons (Fsp3) is 0.500. The summed E-state index contributed by atoms with van der Waals surface area (Å²) in [6.07, 6.45) is 4.65. The molecule has 1 aliphatic rings. The normalized spacial score (nSPS) is 20.0. The van der Waals surface area contributed by atoms with Gasteiger partial charge < -0.3 is 0 Å². The number of aromatic nitrogens is 1. The molecule has 0 aliphatic carbocycles. The molecular formula is C12H15ClN2O3S. The van der Waals surface area contributed by atoms with Crippen LogP contribution in [0.3, 0.4) is 0 Å². The minimum absolute atomic E-state index is 0.0849. The molecule has 1 atom stereocenters. The molecule has 1 saturated heterocycles. The number of carbonyl (C=O) groups is 1. The first-order valence-corrected chi connectivity index (χ1v) is 7.93. The van der Waals surface area contributed by atoms with E-state index in [1.54, 1.807) is 0 Å². The molecule has 1 aromatic rings. The Bertz CT molecular complexity index is 588. The Morgan fingerprint density at radius 2 is 2.26 bits per heavy atom. The second-order valence-electron chi connectivity index (χ2n) is 4.59. The van der Waals surface area contributed by atoms with Crippen LogP contribution in [0.25, 0.3) is 0 Å². The fourth-order valence-corrected chi connectivity index (χ4v) is 4.15. The maximum atomic E-state index is 12.4. The van der Waals surface area contributed by atoms with E-state index < -0.39 is 10.0 Å². The van der Waals surface area contributed by atoms with Crippen LogP contribution in [-0.4, -0.2) is 30.2 Å². The van der Waals surface area contributed by atoms with Gasteiger partial charge in [0.1, 0.15) is 4.90 Å². The summed E-state index contributed by atoms with van der Waals surface area (Å²) in [5.41, 5.74) is 0. The largest absolute Gasteiger partial charge is 0.274 e. The summed E-state index contributed by atoms with van der Waals surface area (Å²) in [6, 6.07) is 1.40. The number of halogens is 1. The van der Waals surface area contributed by atoms with E-state index in [1.807, 2.05) is 6.92 Å². The topological polar surface area (TPSA) is 67.3 Å². The zero-order valence-electron chi connectivity index (χ0n) is 10.5. The molecule has 1 unspecified atom stereocenters. The predicted molar refractivity (Wildman–Crippen MR) is 71.2 cm³/mol. The van der Waals surface area contributed by atoms with E-state index in [0.717, 1.165) is 17.1 Å². The van der Waals surface area contributed by atoms with Crippen LogP contribution < -0.4 is 0 Å². The highest BCUT2D eigenvalue weighted by Gasteiger charge is 2.38. The fourth-order valence-electron chi connectivity index (χ4n) is 2.25. The van der Waals surface area contributed by atoms with E-state index in [-0.39, 0.29) is 34.7 Å². The highest BCUT2D eigenvalue weighted by Crippen LogP contribution is 2.30. The van der Waals surface area contributed by atoms with Crippen LogP contribution >= 0.6 is 11.6 Å². The summed E-state index contributed by atoms with van der Waals surface area (Å²) in [4.78, 5) is 15.5. The maximum Gasteiger partial charge on any atom is 0.269 e. The van der Waals surface area contributed by atoms with Gasteiger partial charge in [-0.25, -0.2) is 12.7 Å². The Labute approximate surface area is 117 Å². The van der Waals surface area contributed by atoms with Gasteiger partial charge in [0.25, 0.3) is 10.0 Å². The molecule has 2 heterocycles. The average molecular weight is 303 g/mol. The molecule has 0 spiro atoms. The van der Waals surface area contributed by atoms with Crippen molar-refractivity contribution in [3.63, 3.8) is 0 Å². The molecule has 0 saturated carbocycles. The van der Waals surface area contributed by atoms with E-state index in [2.05, 4.69) is 4.98 Å². The van der Waals surface area contributed by atoms with Crippen molar-refractivity contribution in [3.05, 3.63) is 23.5 Å². The van der Waals surface area contributed by atoms with Gasteiger partial charge in [0.15, 0.2) is 0 Å². The summed E-state index contributed by atoms with van der Waals surface area (Å²) in [7, 11) is -3.88. The smallest absolute Gasteiger partial charge is 0.269 e. The van der Waals surface area contributed by atoms with Crippen LogP contribution in [0, 0.1) is 5.92 Å². The summed E-state index contributed by atoms with van der Waals surface area (Å²) < 4.78 is 25.7. The number of rotatable bonds is 4. The van der Waals surface area contributed by atoms with Gasteiger partial charge >= 0.3 is 0 Å². The first-order valence-electron chi connectivity index (χ1n) is 6.12. The number of nitrogens with zero attached hydrogens (tertiary/aromatic N) is 2. The highest BCUT2D eigenvalue weighted by atomic mass is 35.5. The molecule has 1 aromatic heterocycles. The third kappa shape index (κ3) is 2.74. The number of carbonyl (C=O) groups excluding carboxylic acids is 1. The van der Waals surface area contributed by atoms with Crippen LogP contribution in [0.1, 0.15) is 26.2 Å². The molecule has 2 rings (SSSR count). The quantitative estimate of drug-likeness (QED) is 0.854. The molecule has 0 bridgehead atoms. The molecule has 19 heavy (non-hydrogen) atoms. The monoisotopic (exact) mass is 302 g/mol. The molecule has 7 heteroatoms. The lowest BCUT2D eigenvalue weighted by atomic mass is 10.0. The van der Waals surface area contributed by atoms with Crippen LogP contribution in [0.15, 0.2) is 23.4 Å². The first-order chi connectivity index (χ1) is 8.96. The molecule has 1 fully saturated rings. The minimum atomic E-state index is -3.88. The van der Waals surface area contributed by atoms with E-state index in [0.29, 0.717) is 0 Å². The summed E-state index contributed by atoms with van der Waals surface area (Å²) in [5.74, 6) is -0.263. The molecular weight excluding hydrogens is 288 g/mol. The van der Waals surface area contributed by atoms with Crippen LogP contribution in [-0.2, 0) is 14.8 Å². The molecule has 104 valence electrons. The number of sulfonamides is 1. The Kier molecular flexibility index (Phi) is 4.10. The van der Waals surface area contributed by atoms with Gasteiger partial charge in [0, 0.05) is 25.4 Å². The Morgan fingerprint density at radius 1 is 1.53 bits per heavy atom. The standard InChI is InChI=1S/C12H15ClN2O3S/c1-2-3-9-6-12(16)15(8-9)19(17,18)11-7-14-5-4-10(11)13/h4-5,7,9H,2-3,6,8H2,1H3. The molecule has 0 radical (unpaired) electrons. The highest BCUT2D eigenvalue weighted by molar-refractivity contribution is 7.89. The lowest BCUT2D eigenvalue weighted by Gasteiger charge is -2.17. The van der Waals surface area contributed by atoms with Crippen molar-refractivity contribution in [1.29, 1.82) is 0 Å². The average Bonchev–Trinajstić information content (AvgIpc) is 2.72. The Hall–Kier alpha value is -1.14. The maximum absolute atomic E-state index is 12.4. The number of hydrogen-bond donors (Lipinski definition) is 0. The van der Waals surface area contributed by atoms with Crippen molar-refractivity contribution in [3.8, 4) is 0 Å². The van der Waals surface area contributed by atoms with E-state index in [9.17, 15) is 13.2 Å². The molecule has 1 aliphatic heterocycles. The van der Waals surface area contributed by atoms with E-state index in [4.69, 9.17) is 11.6 Å². The number of amides is 1. The van der Waals surface area contributed by atoms with Gasteiger partial charge in [-0.15, -0.1) is 0 Å². The molecule has 1 amide bonds. The van der Waals surface area contributed by atoms with Gasteiger partial charge in [-0.3, -0.25) is 9.78 Å². The summed E-state index contributed by atoms with van der Waals surface area (Å²) in [6.45, 7) is 2.25. The van der Waals surface area contributed by atoms with Crippen molar-refractivity contribution >= 4 is 27.5 Å². The van der Waals surface area contributed by atoms with Crippen molar-refractivity contribution in [2.24, 2.45) is 5.92 Å². The second-order valence-corrected chi connectivity index (χ2v) is 6.83. The Balaban J connectivity index is 2.31. The molecule has 0 N–H and O–H groups in total. The van der Waals surface area contributed by atoms with Gasteiger partial charge in [0.05, 0.1) is 5.02 Å². The summed E-state index contributed by atoms with van der Waals surface area (Å²) >= 11 is 5.88. The van der Waals surface area contributed by atoms with Crippen LogP contribution in [0.2, 0.25) is 5.02 Å². The van der Waals surface area contributed by atoms with Crippen molar-refractivity contribution in [1.82, 2.24) is 9.29 Å². The van der Waals surface area contributed by atoms with Gasteiger partial charge in [0.2, 0.25) is 5.91 Å². The van der Waals surface area contributed by atoms with Crippen molar-refractivity contribution in [2.45, 2.75) is 31.1 Å². The number of pyridine rings is 1. The molecule has 0 aromatic carbocycles. The lowest BCUT2D eigenvalue weighted by molar-refractivity contribution is -0.123. The minimum Gasteiger partial charge on any atom is -0.274 e. The van der Waals surface area contributed by atoms with E-state index >= 15 is 0 Å². The van der Waals surface area contributed by atoms with Gasteiger partial charge in [-0.1, -0.05) is 24.9 Å². The van der Waals surface area contributed by atoms with Crippen LogP contribution in [0.4, 0.5) is 0 Å². The summed E-state index contributed by atoms with van der Waals surface area (Å²) in [5, 5.41) is 0.0849. The third-order valence-corrected chi connectivity index (χ3v) is 5.42. The number of hydrogen-bond acceptors (Lipinski definition) is 4. The van der Waals surface area contributed by atoms with Crippen LogP contribution in [0.5, 0.6) is 0 Å². The predicted octanol–water partition coefficient (Wildman–Crippen LogP) is 2.07. The SMILES string of the molecule is CCCC1CC(=O)N(S(=O)(=O)c2cnccc2Cl)C1. The van der Waals surface area contributed by atoms with Gasteiger partial charge in [-0.05, 0) is 18.4 Å². The third-order valence-electron chi connectivity index (χ3n) is 3.16. The van der Waals surface area contributed by atoms with Gasteiger partial charge in [-0.2, -0.15) is 0 Å². The zero-order chi connectivity index (χ0) is 14.0. The van der Waals surface area contributed by atoms with E-state index in [1.165, 1.54) is 18.5 Å². The second kappa shape index (κ2) is 5.46. The lowest BCUT2D eigenvalue weighted by Crippen LogP contribution is -2.32. The molecule has 5 nitrogen and oxygen atoms in total. The Morgan fingerprint density at radius 3 is 2.89 bits per heavy atom. The zero-order valence-corrected chi connectivity index (χ0v) is 12.1. The van der Waals surface area contributed by atoms with Crippen molar-refractivity contribution < 1.29 is 13.2 Å². The van der Waals surface area contributed by atoms with Crippen molar-refractivity contribution in [2.75, 3.05) is 6.54 Å².